The second kappa shape index (κ2) is 9.61. The summed E-state index contributed by atoms with van der Waals surface area (Å²) in [4.78, 5) is 18.0. The van der Waals surface area contributed by atoms with Crippen LogP contribution in [-0.2, 0) is 15.9 Å². The van der Waals surface area contributed by atoms with Gasteiger partial charge in [-0.2, -0.15) is 0 Å². The van der Waals surface area contributed by atoms with E-state index in [9.17, 15) is 4.79 Å². The monoisotopic (exact) mass is 473 g/mol. The number of imidazole rings is 1. The van der Waals surface area contributed by atoms with Crippen molar-refractivity contribution in [3.8, 4) is 11.3 Å². The molecule has 0 spiro atoms. The van der Waals surface area contributed by atoms with Crippen LogP contribution >= 0.6 is 0 Å². The molecule has 1 aromatic carbocycles. The van der Waals surface area contributed by atoms with E-state index in [1.807, 2.05) is 24.6 Å². The van der Waals surface area contributed by atoms with Crippen LogP contribution in [0.15, 0.2) is 35.6 Å². The lowest BCUT2D eigenvalue weighted by molar-refractivity contribution is -0.0241. The van der Waals surface area contributed by atoms with Crippen LogP contribution in [0.4, 0.5) is 13.6 Å². The molecule has 4 rings (SSSR count). The molecule has 1 saturated heterocycles. The molecule has 12 heteroatoms. The van der Waals surface area contributed by atoms with Gasteiger partial charge in [-0.1, -0.05) is 0 Å². The Kier molecular flexibility index (Phi) is 6.61. The number of nitrogens with one attached hydrogen (secondary N) is 1. The van der Waals surface area contributed by atoms with E-state index in [1.165, 1.54) is 12.0 Å². The van der Waals surface area contributed by atoms with Crippen LogP contribution in [0.25, 0.3) is 16.9 Å². The Morgan fingerprint density at radius 3 is 2.76 bits per heavy atom. The van der Waals surface area contributed by atoms with Gasteiger partial charge in [-0.15, -0.1) is 5.10 Å². The second-order valence-corrected chi connectivity index (χ2v) is 7.89. The first kappa shape index (κ1) is 23.4. The average Bonchev–Trinajstić information content (AvgIpc) is 3.15. The van der Waals surface area contributed by atoms with Crippen molar-refractivity contribution in [3.63, 3.8) is 0 Å². The SMILES string of the molecule is COC(=O)N1CCOC(Cc2c(-c3c(F)cc(/C(N)=N/NN)cc3F)nc3cc(C)ccn23)C1. The van der Waals surface area contributed by atoms with Gasteiger partial charge in [0, 0.05) is 24.7 Å². The van der Waals surface area contributed by atoms with Crippen LogP contribution in [0.3, 0.4) is 0 Å². The first-order valence-electron chi connectivity index (χ1n) is 10.5. The van der Waals surface area contributed by atoms with Gasteiger partial charge in [-0.3, -0.25) is 0 Å². The van der Waals surface area contributed by atoms with E-state index >= 15 is 8.78 Å². The van der Waals surface area contributed by atoms with Gasteiger partial charge in [-0.05, 0) is 36.8 Å². The van der Waals surface area contributed by atoms with Gasteiger partial charge >= 0.3 is 6.09 Å². The van der Waals surface area contributed by atoms with Crippen LogP contribution in [-0.4, -0.2) is 59.1 Å². The van der Waals surface area contributed by atoms with Crippen molar-refractivity contribution in [1.82, 2.24) is 19.8 Å². The van der Waals surface area contributed by atoms with Gasteiger partial charge in [-0.25, -0.2) is 29.9 Å². The summed E-state index contributed by atoms with van der Waals surface area (Å²) in [7, 11) is 1.31. The molecule has 3 aromatic rings. The molecule has 2 aromatic heterocycles. The number of benzene rings is 1. The normalized spacial score (nSPS) is 16.7. The van der Waals surface area contributed by atoms with Crippen molar-refractivity contribution in [2.45, 2.75) is 19.4 Å². The number of hydrogen-bond donors (Lipinski definition) is 3. The molecule has 1 aliphatic rings. The molecule has 1 aliphatic heterocycles. The van der Waals surface area contributed by atoms with E-state index in [-0.39, 0.29) is 35.6 Å². The van der Waals surface area contributed by atoms with E-state index in [2.05, 4.69) is 10.1 Å². The third kappa shape index (κ3) is 4.50. The van der Waals surface area contributed by atoms with Crippen LogP contribution in [0.5, 0.6) is 0 Å². The number of carbonyl (C=O) groups is 1. The molecule has 1 atom stereocenters. The number of morpholine rings is 1. The third-order valence-corrected chi connectivity index (χ3v) is 5.63. The molecule has 0 bridgehead atoms. The number of pyridine rings is 1. The number of aromatic nitrogens is 2. The summed E-state index contributed by atoms with van der Waals surface area (Å²) >= 11 is 0. The Labute approximate surface area is 194 Å². The molecule has 1 fully saturated rings. The maximum absolute atomic E-state index is 15.2. The Hall–Kier alpha value is -3.77. The summed E-state index contributed by atoms with van der Waals surface area (Å²) < 4.78 is 42.9. The first-order chi connectivity index (χ1) is 16.3. The lowest BCUT2D eigenvalue weighted by Gasteiger charge is -2.32. The molecule has 1 amide bonds. The molecular weight excluding hydrogens is 448 g/mol. The molecule has 10 nitrogen and oxygen atoms in total. The predicted molar refractivity (Wildman–Crippen MR) is 121 cm³/mol. The lowest BCUT2D eigenvalue weighted by Crippen LogP contribution is -2.46. The summed E-state index contributed by atoms with van der Waals surface area (Å²) in [6.07, 6.45) is 1.17. The highest BCUT2D eigenvalue weighted by molar-refractivity contribution is 5.97. The van der Waals surface area contributed by atoms with E-state index in [1.54, 1.807) is 10.6 Å². The number of aryl methyl sites for hydroxylation is 1. The smallest absolute Gasteiger partial charge is 0.409 e. The van der Waals surface area contributed by atoms with Crippen molar-refractivity contribution in [3.05, 3.63) is 58.9 Å². The fourth-order valence-electron chi connectivity index (χ4n) is 4.03. The van der Waals surface area contributed by atoms with Gasteiger partial charge in [0.05, 0.1) is 43.3 Å². The molecular formula is C22H25F2N7O3. The summed E-state index contributed by atoms with van der Waals surface area (Å²) in [6.45, 7) is 2.88. The number of amidine groups is 1. The van der Waals surface area contributed by atoms with Gasteiger partial charge in [0.25, 0.3) is 0 Å². The van der Waals surface area contributed by atoms with Crippen molar-refractivity contribution in [2.75, 3.05) is 26.8 Å². The number of nitrogens with two attached hydrogens (primary N) is 2. The highest BCUT2D eigenvalue weighted by atomic mass is 19.1. The zero-order chi connectivity index (χ0) is 24.4. The van der Waals surface area contributed by atoms with E-state index < -0.39 is 23.8 Å². The zero-order valence-electron chi connectivity index (χ0n) is 18.7. The molecule has 3 heterocycles. The number of ether oxygens (including phenoxy) is 2. The highest BCUT2D eigenvalue weighted by Gasteiger charge is 2.29. The van der Waals surface area contributed by atoms with Crippen molar-refractivity contribution in [1.29, 1.82) is 0 Å². The lowest BCUT2D eigenvalue weighted by atomic mass is 10.0. The number of nitrogens with zero attached hydrogens (tertiary/aromatic N) is 4. The number of halogens is 2. The van der Waals surface area contributed by atoms with Crippen molar-refractivity contribution >= 4 is 17.6 Å². The number of hydrazone groups is 1. The molecule has 0 radical (unpaired) electrons. The minimum atomic E-state index is -0.854. The first-order valence-corrected chi connectivity index (χ1v) is 10.5. The molecule has 0 saturated carbocycles. The van der Waals surface area contributed by atoms with E-state index in [0.29, 0.717) is 24.5 Å². The van der Waals surface area contributed by atoms with Crippen LogP contribution in [0, 0.1) is 18.6 Å². The Morgan fingerprint density at radius 1 is 1.35 bits per heavy atom. The van der Waals surface area contributed by atoms with Crippen LogP contribution in [0.2, 0.25) is 0 Å². The predicted octanol–water partition coefficient (Wildman–Crippen LogP) is 1.68. The van der Waals surface area contributed by atoms with Gasteiger partial charge in [0.15, 0.2) is 5.84 Å². The summed E-state index contributed by atoms with van der Waals surface area (Å²) in [6, 6.07) is 5.84. The van der Waals surface area contributed by atoms with Gasteiger partial charge < -0.3 is 24.5 Å². The Bertz CT molecular complexity index is 1240. The maximum atomic E-state index is 15.2. The minimum Gasteiger partial charge on any atom is -0.453 e. The molecule has 34 heavy (non-hydrogen) atoms. The van der Waals surface area contributed by atoms with Crippen LogP contribution in [0.1, 0.15) is 16.8 Å². The summed E-state index contributed by atoms with van der Waals surface area (Å²) in [5, 5.41) is 3.56. The van der Waals surface area contributed by atoms with Crippen LogP contribution < -0.4 is 17.1 Å². The largest absolute Gasteiger partial charge is 0.453 e. The molecule has 0 aliphatic carbocycles. The number of amides is 1. The maximum Gasteiger partial charge on any atom is 0.409 e. The standard InChI is InChI=1S/C22H25F2N7O3/c1-12-3-4-31-17(10-14-11-30(5-6-34-14)22(32)33-2)20(27-18(31)7-12)19-15(23)8-13(9-16(19)24)21(25)28-29-26/h3-4,7-9,14,29H,5-6,10-11,26H2,1-2H3,(H2,25,28). The summed E-state index contributed by atoms with van der Waals surface area (Å²) in [5.74, 6) is 3.22. The number of rotatable bonds is 5. The fraction of sp³-hybridized carbons (Fsp3) is 0.318. The van der Waals surface area contributed by atoms with Gasteiger partial charge in [0.2, 0.25) is 0 Å². The fourth-order valence-corrected chi connectivity index (χ4v) is 4.03. The zero-order valence-corrected chi connectivity index (χ0v) is 18.7. The summed E-state index contributed by atoms with van der Waals surface area (Å²) in [5.41, 5.74) is 9.59. The minimum absolute atomic E-state index is 0.0298. The Balaban J connectivity index is 1.79. The van der Waals surface area contributed by atoms with E-state index in [4.69, 9.17) is 21.1 Å². The molecule has 1 unspecified atom stereocenters. The number of methoxy groups -OCH3 is 1. The Morgan fingerprint density at radius 2 is 2.09 bits per heavy atom. The second-order valence-electron chi connectivity index (χ2n) is 7.89. The van der Waals surface area contributed by atoms with E-state index in [0.717, 1.165) is 17.7 Å². The van der Waals surface area contributed by atoms with Gasteiger partial charge in [0.1, 0.15) is 17.3 Å². The number of fused-ring (bicyclic) bond motifs is 1. The molecule has 180 valence electrons. The highest BCUT2D eigenvalue weighted by Crippen LogP contribution is 2.32. The van der Waals surface area contributed by atoms with Crippen molar-refractivity contribution in [2.24, 2.45) is 16.7 Å². The average molecular weight is 473 g/mol. The number of carbonyl (C=O) groups excluding carboxylic acids is 1. The third-order valence-electron chi connectivity index (χ3n) is 5.63. The molecule has 5 N–H and O–H groups in total. The topological polar surface area (TPSA) is 132 Å². The quantitative estimate of drug-likeness (QED) is 0.222. The van der Waals surface area contributed by atoms with Crippen molar-refractivity contribution < 1.29 is 23.0 Å². The number of hydrazine groups is 1. The number of hydrogen-bond acceptors (Lipinski definition) is 7.